The van der Waals surface area contributed by atoms with E-state index < -0.39 is 121 Å². The Kier molecular flexibility index (Phi) is 48.3. The van der Waals surface area contributed by atoms with Crippen molar-refractivity contribution in [3.63, 3.8) is 0 Å². The fraction of sp³-hybridized carbons (Fsp3) is 0.589. The lowest BCUT2D eigenvalue weighted by Gasteiger charge is -2.32. The molecule has 5 aromatic rings. The third-order valence-corrected chi connectivity index (χ3v) is 22.2. The van der Waals surface area contributed by atoms with Crippen molar-refractivity contribution in [2.45, 2.75) is 95.7 Å². The predicted molar refractivity (Wildman–Crippen MR) is 493 cm³/mol. The van der Waals surface area contributed by atoms with Gasteiger partial charge in [0.2, 0.25) is 35.4 Å². The van der Waals surface area contributed by atoms with Gasteiger partial charge in [-0.05, 0) is 85.4 Å². The molecule has 5 heterocycles. The van der Waals surface area contributed by atoms with E-state index in [9.17, 15) is 62.6 Å². The van der Waals surface area contributed by atoms with E-state index in [1.54, 1.807) is 63.6 Å². The molecule has 44 heteroatoms. The number of amides is 10. The van der Waals surface area contributed by atoms with Gasteiger partial charge in [-0.15, -0.1) is 0 Å². The molecule has 2 saturated carbocycles. The average Bonchev–Trinajstić information content (AvgIpc) is 1.59. The van der Waals surface area contributed by atoms with Crippen LogP contribution in [-0.4, -0.2) is 350 Å². The van der Waals surface area contributed by atoms with Crippen molar-refractivity contribution < 1.29 is 152 Å². The molecular weight excluding hydrogens is 1830 g/mol. The summed E-state index contributed by atoms with van der Waals surface area (Å²) in [5.74, 6) is -9.14. The van der Waals surface area contributed by atoms with Crippen molar-refractivity contribution >= 4 is 81.6 Å². The number of aryl methyl sites for hydroxylation is 1. The van der Waals surface area contributed by atoms with Crippen molar-refractivity contribution in [1.29, 1.82) is 0 Å². The van der Waals surface area contributed by atoms with Crippen molar-refractivity contribution in [1.82, 2.24) is 52.1 Å². The number of carbonyl (C=O) groups excluding carboxylic acids is 11. The van der Waals surface area contributed by atoms with Gasteiger partial charge in [0.05, 0.1) is 270 Å². The number of nitrogens with one attached hydrogen (secondary N) is 8. The van der Waals surface area contributed by atoms with Crippen LogP contribution in [0.1, 0.15) is 99.0 Å². The van der Waals surface area contributed by atoms with E-state index in [-0.39, 0.29) is 169 Å². The van der Waals surface area contributed by atoms with E-state index in [2.05, 4.69) is 42.5 Å². The maximum Gasteiger partial charge on any atom is 0.343 e. The van der Waals surface area contributed by atoms with Gasteiger partial charge in [-0.3, -0.25) is 52.7 Å². The average molecular weight is 1960 g/mol. The smallest absolute Gasteiger partial charge is 0.343 e. The molecule has 0 bridgehead atoms. The standard InChI is InChI=1S/C95H130FN11O32/c1-64-50-69-72(73-61-106-79(86(73)105-77(69)55-76(64)96)54-75-74(93(106)118)62-138-94(119)95(75,120)56-66-11-12-66)57-101-92(117)87(67-13-14-67)139-63-103-82(110)59-102-91(116)78(51-65-8-5-4-6-9-65)104-83(111)60-100-81(109)58-99-80(108)10-7-19-137-88-70(89(114)97-17-20-123-26-28-127-34-36-131-42-44-135-48-46-133-40-38-129-32-30-125-24-22-121-2)52-68(107-84(112)15-16-85(107)113)53-71(88)90(115)98-18-21-124-27-29-128-35-37-132-43-45-136-49-47-134-41-39-130-33-31-126-25-23-122-3/h4-6,8-9,15-16,50,52-55,66-67,78,87,120H,7,10-14,17-49,51,56-63H2,1-3H3,(H,97,114)(H,98,115)(H,99,108)(H,100,109)(H,101,117)(H,102,116)(H,103,110)(H,104,111)/t78-,87+,95-/m0/s1. The number of hydrogen-bond donors (Lipinski definition) is 9. The third kappa shape index (κ3) is 37.3. The lowest BCUT2D eigenvalue weighted by molar-refractivity contribution is -0.173. The molecule has 0 saturated heterocycles. The van der Waals surface area contributed by atoms with Gasteiger partial charge in [0, 0.05) is 81.4 Å². The van der Waals surface area contributed by atoms with Crippen LogP contribution in [0.2, 0.25) is 0 Å². The Hall–Kier alpha value is -10.9. The number of pyridine rings is 2. The second-order valence-electron chi connectivity index (χ2n) is 32.6. The first kappa shape index (κ1) is 110. The lowest BCUT2D eigenvalue weighted by atomic mass is 9.84. The van der Waals surface area contributed by atoms with Crippen LogP contribution in [0.15, 0.2) is 77.6 Å². The number of aliphatic hydroxyl groups is 1. The molecule has 0 radical (unpaired) electrons. The maximum absolute atomic E-state index is 15.3. The number of ether oxygens (including phenoxy) is 19. The summed E-state index contributed by atoms with van der Waals surface area (Å²) in [5.41, 5.74) is 0.00187. The summed E-state index contributed by atoms with van der Waals surface area (Å²) < 4.78 is 122. The molecule has 3 aliphatic heterocycles. The fourth-order valence-corrected chi connectivity index (χ4v) is 14.7. The molecule has 764 valence electrons. The van der Waals surface area contributed by atoms with Gasteiger partial charge in [0.1, 0.15) is 37.1 Å². The second-order valence-corrected chi connectivity index (χ2v) is 32.6. The highest BCUT2D eigenvalue weighted by atomic mass is 19.1. The zero-order valence-corrected chi connectivity index (χ0v) is 79.0. The summed E-state index contributed by atoms with van der Waals surface area (Å²) in [4.78, 5) is 169. The maximum atomic E-state index is 15.3. The molecule has 2 aliphatic carbocycles. The van der Waals surface area contributed by atoms with Crippen molar-refractivity contribution in [3.05, 3.63) is 133 Å². The Morgan fingerprint density at radius 2 is 1.00 bits per heavy atom. The van der Waals surface area contributed by atoms with Gasteiger partial charge < -0.3 is 142 Å². The van der Waals surface area contributed by atoms with Crippen LogP contribution in [0.3, 0.4) is 0 Å². The van der Waals surface area contributed by atoms with Crippen molar-refractivity contribution in [2.75, 3.05) is 263 Å². The summed E-state index contributed by atoms with van der Waals surface area (Å²) in [6.45, 7) is 8.92. The van der Waals surface area contributed by atoms with Crippen LogP contribution < -0.4 is 57.7 Å². The predicted octanol–water partition coefficient (Wildman–Crippen LogP) is 0.752. The zero-order chi connectivity index (χ0) is 98.8. The SMILES string of the molecule is COCCOCCOCCOCCOCCOCCOCCOCCNC(=O)c1cc(N2C(=O)C=CC2=O)cc(C(=O)NCCOCCOCCOCCOCCOCCOCCOCCOC)c1OCCCC(=O)NCC(=O)NCC(=O)N[C@@H](Cc1ccccc1)C(=O)NCC(=O)NCO[C@@H](C(=O)NCc1c2c(nc3cc(F)c(C)cc13)-c1cc3c(c(=O)n1C2)COC(=O)[C@]3(O)CC1CC1)C1CC1. The Morgan fingerprint density at radius 1 is 0.525 bits per heavy atom. The van der Waals surface area contributed by atoms with Gasteiger partial charge in [-0.1, -0.05) is 43.2 Å². The minimum atomic E-state index is -2.05. The number of anilines is 1. The molecule has 5 aliphatic rings. The van der Waals surface area contributed by atoms with Gasteiger partial charge in [-0.2, -0.15) is 0 Å². The van der Waals surface area contributed by atoms with E-state index in [1.165, 1.54) is 22.8 Å². The number of aromatic nitrogens is 2. The first-order chi connectivity index (χ1) is 67.6. The number of benzene rings is 3. The molecule has 10 rings (SSSR count). The zero-order valence-electron chi connectivity index (χ0n) is 79.0. The highest BCUT2D eigenvalue weighted by Crippen LogP contribution is 2.46. The normalized spacial score (nSPS) is 15.1. The molecule has 2 aromatic heterocycles. The highest BCUT2D eigenvalue weighted by Gasteiger charge is 2.50. The van der Waals surface area contributed by atoms with Gasteiger partial charge in [0.15, 0.2) is 5.60 Å². The van der Waals surface area contributed by atoms with Gasteiger partial charge >= 0.3 is 5.97 Å². The minimum Gasteiger partial charge on any atom is -0.492 e. The van der Waals surface area contributed by atoms with Crippen LogP contribution >= 0.6 is 0 Å². The molecule has 43 nitrogen and oxygen atoms in total. The number of nitrogens with zero attached hydrogens (tertiary/aromatic N) is 3. The number of hydrogen-bond acceptors (Lipinski definition) is 33. The number of rotatable bonds is 75. The van der Waals surface area contributed by atoms with Crippen molar-refractivity contribution in [2.24, 2.45) is 11.8 Å². The summed E-state index contributed by atoms with van der Waals surface area (Å²) in [5, 5.41) is 33.3. The van der Waals surface area contributed by atoms with E-state index in [0.29, 0.717) is 197 Å². The van der Waals surface area contributed by atoms with E-state index >= 15 is 4.39 Å². The number of esters is 1. The van der Waals surface area contributed by atoms with E-state index in [0.717, 1.165) is 29.9 Å². The topological polar surface area (TPSA) is 518 Å². The largest absolute Gasteiger partial charge is 0.492 e. The number of methoxy groups -OCH3 is 2. The third-order valence-electron chi connectivity index (χ3n) is 22.2. The second kappa shape index (κ2) is 61.0. The fourth-order valence-electron chi connectivity index (χ4n) is 14.7. The highest BCUT2D eigenvalue weighted by molar-refractivity contribution is 6.28. The molecule has 9 N–H and O–H groups in total. The molecule has 0 spiro atoms. The molecule has 139 heavy (non-hydrogen) atoms. The Morgan fingerprint density at radius 3 is 1.50 bits per heavy atom. The first-order valence-corrected chi connectivity index (χ1v) is 46.7. The number of carbonyl (C=O) groups is 11. The number of imide groups is 1. The molecule has 0 unspecified atom stereocenters. The van der Waals surface area contributed by atoms with Crippen LogP contribution in [0, 0.1) is 24.6 Å². The van der Waals surface area contributed by atoms with Crippen molar-refractivity contribution in [3.8, 4) is 17.1 Å². The van der Waals surface area contributed by atoms with Gasteiger partial charge in [-0.25, -0.2) is 19.1 Å². The summed E-state index contributed by atoms with van der Waals surface area (Å²) in [6.07, 6.45) is 3.64. The summed E-state index contributed by atoms with van der Waals surface area (Å²) in [6, 6.07) is 14.3. The minimum absolute atomic E-state index is 0.00322. The van der Waals surface area contributed by atoms with Crippen LogP contribution in [-0.2, 0) is 160 Å². The van der Waals surface area contributed by atoms with E-state index in [4.69, 9.17) is 95.0 Å². The Labute approximate surface area is 804 Å². The quantitative estimate of drug-likeness (QED) is 0.0110. The Balaban J connectivity index is 0.655. The molecular formula is C95H130FN11O32. The first-order valence-electron chi connectivity index (χ1n) is 46.7. The number of cyclic esters (lactones) is 1. The molecule has 10 amide bonds. The molecule has 3 aromatic carbocycles. The molecule has 2 fully saturated rings. The lowest BCUT2D eigenvalue weighted by Crippen LogP contribution is -2.52. The number of halogens is 1. The monoisotopic (exact) mass is 1960 g/mol. The summed E-state index contributed by atoms with van der Waals surface area (Å²) >= 11 is 0. The van der Waals surface area contributed by atoms with Gasteiger partial charge in [0.25, 0.3) is 29.2 Å². The number of fused-ring (bicyclic) bond motifs is 5. The van der Waals surface area contributed by atoms with Crippen LogP contribution in [0.4, 0.5) is 10.1 Å². The van der Waals surface area contributed by atoms with Crippen LogP contribution in [0.25, 0.3) is 22.3 Å². The van der Waals surface area contributed by atoms with Crippen LogP contribution in [0.5, 0.6) is 5.75 Å². The Bertz CT molecular complexity index is 4810. The van der Waals surface area contributed by atoms with E-state index in [1.807, 2.05) is 0 Å². The molecule has 3 atom stereocenters. The summed E-state index contributed by atoms with van der Waals surface area (Å²) in [7, 11) is 3.22.